The van der Waals surface area contributed by atoms with Crippen LogP contribution in [0.25, 0.3) is 0 Å². The van der Waals surface area contributed by atoms with Crippen molar-refractivity contribution in [2.45, 2.75) is 217 Å². The van der Waals surface area contributed by atoms with E-state index in [1.54, 1.807) is 53.6 Å². The Balaban J connectivity index is 1.74. The van der Waals surface area contributed by atoms with E-state index in [1.165, 1.54) is 21.0 Å². The second kappa shape index (κ2) is 26.9. The summed E-state index contributed by atoms with van der Waals surface area (Å²) < 4.78 is 68.7. The van der Waals surface area contributed by atoms with Gasteiger partial charge in [0.1, 0.15) is 36.8 Å². The van der Waals surface area contributed by atoms with Crippen LogP contribution in [0.15, 0.2) is 24.3 Å². The number of likely N-dealkylation sites (N-methyl/N-ethyl adjacent to an activating group) is 2. The van der Waals surface area contributed by atoms with Crippen LogP contribution in [0.5, 0.6) is 0 Å². The maximum Gasteiger partial charge on any atom is 0.309 e. The molecule has 3 saturated heterocycles. The first kappa shape index (κ1) is 58.2. The van der Waals surface area contributed by atoms with Crippen LogP contribution in [-0.4, -0.2) is 184 Å². The number of rotatable bonds is 15. The van der Waals surface area contributed by atoms with Gasteiger partial charge in [-0.25, -0.2) is 0 Å². The lowest BCUT2D eigenvalue weighted by atomic mass is 9.82. The Hall–Kier alpha value is -3.37. The molecule has 19 atom stereocenters. The number of carbonyl (C=O) groups excluding carboxylic acids is 5. The van der Waals surface area contributed by atoms with E-state index < -0.39 is 128 Å². The van der Waals surface area contributed by atoms with Gasteiger partial charge < -0.3 is 71.8 Å². The molecule has 4 aliphatic heterocycles. The normalized spacial score (nSPS) is 40.6. The van der Waals surface area contributed by atoms with Crippen LogP contribution < -0.4 is 0 Å². The number of cyclic esters (lactones) is 1. The predicted molar refractivity (Wildman–Crippen MR) is 250 cm³/mol. The van der Waals surface area contributed by atoms with E-state index >= 15 is 0 Å². The van der Waals surface area contributed by atoms with Crippen LogP contribution in [0.2, 0.25) is 0 Å². The van der Waals surface area contributed by atoms with Crippen molar-refractivity contribution < 1.29 is 81.2 Å². The fourth-order valence-electron chi connectivity index (χ4n) is 10.2. The Morgan fingerprint density at radius 1 is 0.855 bits per heavy atom. The highest BCUT2D eigenvalue weighted by molar-refractivity contribution is 5.72. The van der Waals surface area contributed by atoms with E-state index in [1.807, 2.05) is 52.2 Å². The molecule has 1 N–H and O–H groups in total. The minimum atomic E-state index is -1.42. The number of aliphatic hydroxyl groups is 1. The van der Waals surface area contributed by atoms with Gasteiger partial charge in [-0.3, -0.25) is 19.2 Å². The summed E-state index contributed by atoms with van der Waals surface area (Å²) in [4.78, 5) is 67.8. The van der Waals surface area contributed by atoms with Crippen molar-refractivity contribution in [1.29, 1.82) is 0 Å². The molecule has 3 fully saturated rings. The van der Waals surface area contributed by atoms with E-state index in [-0.39, 0.29) is 37.3 Å². The van der Waals surface area contributed by atoms with E-state index in [0.717, 1.165) is 12.7 Å². The molecule has 394 valence electrons. The maximum atomic E-state index is 13.6. The average Bonchev–Trinajstić information content (AvgIpc) is 3.24. The molecule has 0 aromatic carbocycles. The summed E-state index contributed by atoms with van der Waals surface area (Å²) in [5.74, 6) is -3.36. The Bertz CT molecular complexity index is 1730. The van der Waals surface area contributed by atoms with Crippen molar-refractivity contribution >= 4 is 30.2 Å². The lowest BCUT2D eigenvalue weighted by Gasteiger charge is -2.50. The molecule has 0 aromatic rings. The predicted octanol–water partition coefficient (Wildman–Crippen LogP) is 4.43. The monoisotopic (exact) mass is 983 g/mol. The SMILES string of the molecule is CCC(=O)OC1CC(=O)OC(C)C/C=C/C=C\C(OC2CCC(N(C)C)C(C)O2)C(C)CC(CC=O)C(OC2OC(C)C(OC3CC(C)(OC(C)=O)C(OC(C)=O)C(C)O3)C(N(C)C)C2O)C1OC. The number of allylic oxidation sites excluding steroid dienone is 2. The van der Waals surface area contributed by atoms with Crippen molar-refractivity contribution in [2.24, 2.45) is 11.8 Å². The highest BCUT2D eigenvalue weighted by atomic mass is 16.7. The number of carbonyl (C=O) groups is 5. The smallest absolute Gasteiger partial charge is 0.309 e. The Kier molecular flexibility index (Phi) is 22.7. The lowest BCUT2D eigenvalue weighted by molar-refractivity contribution is -0.344. The van der Waals surface area contributed by atoms with Gasteiger partial charge in [0.2, 0.25) is 0 Å². The molecule has 19 heteroatoms. The molecule has 19 unspecified atom stereocenters. The summed E-state index contributed by atoms with van der Waals surface area (Å²) in [6.07, 6.45) is -2.23. The molecule has 69 heavy (non-hydrogen) atoms. The summed E-state index contributed by atoms with van der Waals surface area (Å²) in [6, 6.07) is -0.585. The van der Waals surface area contributed by atoms with Crippen molar-refractivity contribution in [2.75, 3.05) is 35.3 Å². The minimum Gasteiger partial charge on any atom is -0.462 e. The Morgan fingerprint density at radius 3 is 2.14 bits per heavy atom. The fraction of sp³-hybridized carbons (Fsp3) is 0.820. The highest BCUT2D eigenvalue weighted by Gasteiger charge is 2.54. The van der Waals surface area contributed by atoms with Crippen LogP contribution in [0, 0.1) is 11.8 Å². The molecule has 19 nitrogen and oxygen atoms in total. The Labute approximate surface area is 409 Å². The van der Waals surface area contributed by atoms with E-state index in [0.29, 0.717) is 19.3 Å². The third-order valence-corrected chi connectivity index (χ3v) is 13.5. The van der Waals surface area contributed by atoms with Crippen LogP contribution >= 0.6 is 0 Å². The largest absolute Gasteiger partial charge is 0.462 e. The number of esters is 4. The maximum absolute atomic E-state index is 13.6. The molecule has 0 spiro atoms. The van der Waals surface area contributed by atoms with E-state index in [2.05, 4.69) is 4.90 Å². The zero-order chi connectivity index (χ0) is 51.3. The van der Waals surface area contributed by atoms with Crippen molar-refractivity contribution in [3.05, 3.63) is 24.3 Å². The van der Waals surface area contributed by atoms with E-state index in [4.69, 9.17) is 52.1 Å². The second-order valence-electron chi connectivity index (χ2n) is 19.8. The number of methoxy groups -OCH3 is 1. The van der Waals surface area contributed by atoms with Crippen molar-refractivity contribution in [3.8, 4) is 0 Å². The average molecular weight is 983 g/mol. The van der Waals surface area contributed by atoms with Crippen LogP contribution in [0.3, 0.4) is 0 Å². The Morgan fingerprint density at radius 2 is 1.55 bits per heavy atom. The fourth-order valence-corrected chi connectivity index (χ4v) is 10.2. The van der Waals surface area contributed by atoms with Gasteiger partial charge >= 0.3 is 23.9 Å². The highest BCUT2D eigenvalue weighted by Crippen LogP contribution is 2.39. The molecular weight excluding hydrogens is 901 g/mol. The van der Waals surface area contributed by atoms with Gasteiger partial charge in [-0.15, -0.1) is 0 Å². The molecule has 4 rings (SSSR count). The first-order valence-electron chi connectivity index (χ1n) is 24.5. The molecule has 0 saturated carbocycles. The number of hydrogen-bond acceptors (Lipinski definition) is 19. The van der Waals surface area contributed by atoms with Gasteiger partial charge in [0, 0.05) is 52.7 Å². The number of aliphatic hydroxyl groups excluding tert-OH is 1. The standard InChI is InChI=1S/C50H82N2O17/c1-15-39(56)65-38-26-40(57)60-29(3)19-17-16-18-20-37(66-41-22-21-36(51(10)11)30(4)61-41)28(2)25-35(23-24-53)46(47(38)59-14)68-49-44(58)43(52(12)13)45(31(5)63-49)67-42-27-50(9,69-34(8)55)48(32(6)62-42)64-33(7)54/h16-18,20,24,28-32,35-38,41-49,58H,15,19,21-23,25-27H2,1-14H3/b17-16+,20-18-. The van der Waals surface area contributed by atoms with Crippen LogP contribution in [0.4, 0.5) is 0 Å². The number of hydrogen-bond donors (Lipinski definition) is 1. The van der Waals surface area contributed by atoms with Crippen LogP contribution in [0.1, 0.15) is 114 Å². The first-order valence-corrected chi connectivity index (χ1v) is 24.5. The van der Waals surface area contributed by atoms with Gasteiger partial charge in [-0.2, -0.15) is 0 Å². The molecule has 4 heterocycles. The number of ether oxygens (including phenoxy) is 11. The van der Waals surface area contributed by atoms with Gasteiger partial charge in [0.25, 0.3) is 0 Å². The zero-order valence-electron chi connectivity index (χ0n) is 43.3. The van der Waals surface area contributed by atoms with Gasteiger partial charge in [-0.1, -0.05) is 38.2 Å². The summed E-state index contributed by atoms with van der Waals surface area (Å²) in [6.45, 7) is 15.0. The molecule has 0 aliphatic carbocycles. The van der Waals surface area contributed by atoms with Crippen molar-refractivity contribution in [1.82, 2.24) is 9.80 Å². The summed E-state index contributed by atoms with van der Waals surface area (Å²) >= 11 is 0. The molecule has 4 aliphatic rings. The third-order valence-electron chi connectivity index (χ3n) is 13.5. The van der Waals surface area contributed by atoms with Gasteiger partial charge in [-0.05, 0) is 93.9 Å². The van der Waals surface area contributed by atoms with Gasteiger partial charge in [0.15, 0.2) is 30.6 Å². The third kappa shape index (κ3) is 16.3. The van der Waals surface area contributed by atoms with Crippen molar-refractivity contribution in [3.63, 3.8) is 0 Å². The lowest BCUT2D eigenvalue weighted by Crippen LogP contribution is -2.66. The summed E-state index contributed by atoms with van der Waals surface area (Å²) in [7, 11) is 8.99. The topological polar surface area (TPSA) is 214 Å². The number of aldehydes is 1. The van der Waals surface area contributed by atoms with E-state index in [9.17, 15) is 29.1 Å². The quantitative estimate of drug-likeness (QED) is 0.137. The minimum absolute atomic E-state index is 0.00616. The molecule has 0 bridgehead atoms. The molecule has 0 radical (unpaired) electrons. The summed E-state index contributed by atoms with van der Waals surface area (Å²) in [5, 5.41) is 12.4. The second-order valence-corrected chi connectivity index (χ2v) is 19.8. The molecule has 0 amide bonds. The van der Waals surface area contributed by atoms with Gasteiger partial charge in [0.05, 0.1) is 43.0 Å². The first-order chi connectivity index (χ1) is 32.5. The van der Waals surface area contributed by atoms with Crippen LogP contribution in [-0.2, 0) is 76.1 Å². The number of nitrogens with zero attached hydrogens (tertiary/aromatic N) is 2. The summed E-state index contributed by atoms with van der Waals surface area (Å²) in [5.41, 5.74) is -1.32. The molecular formula is C50H82N2O17. The zero-order valence-corrected chi connectivity index (χ0v) is 43.3. The molecule has 0 aromatic heterocycles.